The van der Waals surface area contributed by atoms with E-state index in [-0.39, 0.29) is 37.5 Å². The van der Waals surface area contributed by atoms with Crippen molar-refractivity contribution in [3.8, 4) is 5.75 Å². The van der Waals surface area contributed by atoms with Crippen LogP contribution in [0.4, 0.5) is 5.69 Å². The molecule has 1 aromatic carbocycles. The maximum Gasteiger partial charge on any atom is 0.313 e. The van der Waals surface area contributed by atoms with Crippen LogP contribution in [0.5, 0.6) is 5.75 Å². The number of nitrogens with zero attached hydrogens (tertiary/aromatic N) is 2. The SMILES string of the molecule is COc1ccc(N2CC=C[C@]34O[C@@]5(C)C=CCOC(=O)[C@H]5[C@H]3C(=O)N([C@@H](CO)C(C)C)C4C2=O)cc1. The van der Waals surface area contributed by atoms with Crippen LogP contribution < -0.4 is 9.64 Å². The van der Waals surface area contributed by atoms with E-state index in [0.29, 0.717) is 11.4 Å². The maximum absolute atomic E-state index is 14.3. The lowest BCUT2D eigenvalue weighted by atomic mass is 9.75. The van der Waals surface area contributed by atoms with Gasteiger partial charge in [0, 0.05) is 12.2 Å². The summed E-state index contributed by atoms with van der Waals surface area (Å²) in [6.07, 6.45) is 7.07. The number of aliphatic hydroxyl groups is 1. The summed E-state index contributed by atoms with van der Waals surface area (Å²) in [5.41, 5.74) is -1.87. The number of carbonyl (C=O) groups is 3. The molecule has 36 heavy (non-hydrogen) atoms. The second-order valence-corrected chi connectivity index (χ2v) is 10.3. The van der Waals surface area contributed by atoms with Gasteiger partial charge in [0.05, 0.1) is 31.3 Å². The van der Waals surface area contributed by atoms with Crippen LogP contribution in [-0.4, -0.2) is 77.9 Å². The Morgan fingerprint density at radius 3 is 2.44 bits per heavy atom. The predicted molar refractivity (Wildman–Crippen MR) is 130 cm³/mol. The highest BCUT2D eigenvalue weighted by atomic mass is 16.6. The van der Waals surface area contributed by atoms with Crippen LogP contribution >= 0.6 is 0 Å². The highest BCUT2D eigenvalue weighted by Crippen LogP contribution is 2.58. The highest BCUT2D eigenvalue weighted by molar-refractivity contribution is 6.05. The molecule has 4 heterocycles. The van der Waals surface area contributed by atoms with Gasteiger partial charge in [0.2, 0.25) is 5.91 Å². The lowest BCUT2D eigenvalue weighted by molar-refractivity contribution is -0.158. The quantitative estimate of drug-likeness (QED) is 0.489. The van der Waals surface area contributed by atoms with Crippen molar-refractivity contribution in [1.82, 2.24) is 4.90 Å². The Bertz CT molecular complexity index is 1130. The van der Waals surface area contributed by atoms with E-state index in [1.54, 1.807) is 61.4 Å². The number of fused-ring (bicyclic) bond motifs is 2. The third-order valence-corrected chi connectivity index (χ3v) is 7.95. The van der Waals surface area contributed by atoms with Crippen LogP contribution in [0.1, 0.15) is 20.8 Å². The summed E-state index contributed by atoms with van der Waals surface area (Å²) in [5.74, 6) is -2.62. The zero-order chi connectivity index (χ0) is 25.8. The summed E-state index contributed by atoms with van der Waals surface area (Å²) in [5, 5.41) is 10.3. The van der Waals surface area contributed by atoms with Gasteiger partial charge in [-0.3, -0.25) is 14.4 Å². The molecule has 5 rings (SSSR count). The Morgan fingerprint density at radius 2 is 1.81 bits per heavy atom. The normalized spacial score (nSPS) is 34.2. The summed E-state index contributed by atoms with van der Waals surface area (Å²) in [4.78, 5) is 44.7. The molecule has 1 spiro atoms. The van der Waals surface area contributed by atoms with Gasteiger partial charge in [0.15, 0.2) is 0 Å². The van der Waals surface area contributed by atoms with E-state index < -0.39 is 41.1 Å². The van der Waals surface area contributed by atoms with Gasteiger partial charge in [-0.2, -0.15) is 0 Å². The van der Waals surface area contributed by atoms with Gasteiger partial charge in [-0.05, 0) is 43.2 Å². The van der Waals surface area contributed by atoms with Crippen molar-refractivity contribution in [3.63, 3.8) is 0 Å². The number of aliphatic hydroxyl groups excluding tert-OH is 1. The standard InChI is InChI=1S/C27H32N2O7/c1-16(2)19(15-30)29-22-24(32)28(17-7-9-18(34-4)10-8-17)13-5-12-27(22)20(23(29)31)21-25(33)35-14-6-11-26(21,3)36-27/h5-12,16,19-22,30H,13-15H2,1-4H3/t19-,20-,21+,22?,26-,27-/m0/s1. The molecule has 4 aliphatic rings. The van der Waals surface area contributed by atoms with E-state index in [1.165, 1.54) is 4.90 Å². The van der Waals surface area contributed by atoms with Crippen molar-refractivity contribution >= 4 is 23.5 Å². The van der Waals surface area contributed by atoms with Gasteiger partial charge in [-0.1, -0.05) is 32.1 Å². The van der Waals surface area contributed by atoms with Crippen LogP contribution in [0.3, 0.4) is 0 Å². The number of benzene rings is 1. The lowest BCUT2D eigenvalue weighted by Gasteiger charge is -2.41. The molecule has 0 aromatic heterocycles. The summed E-state index contributed by atoms with van der Waals surface area (Å²) < 4.78 is 17.3. The fourth-order valence-electron chi connectivity index (χ4n) is 6.27. The molecule has 0 bridgehead atoms. The van der Waals surface area contributed by atoms with E-state index in [4.69, 9.17) is 14.2 Å². The second kappa shape index (κ2) is 8.74. The minimum atomic E-state index is -1.39. The van der Waals surface area contributed by atoms with Crippen LogP contribution in [0.2, 0.25) is 0 Å². The first-order chi connectivity index (χ1) is 17.2. The van der Waals surface area contributed by atoms with Crippen molar-refractivity contribution < 1.29 is 33.7 Å². The molecule has 0 radical (unpaired) electrons. The number of methoxy groups -OCH3 is 1. The number of hydrogen-bond donors (Lipinski definition) is 1. The zero-order valence-electron chi connectivity index (χ0n) is 20.9. The smallest absolute Gasteiger partial charge is 0.313 e. The first-order valence-electron chi connectivity index (χ1n) is 12.3. The number of ether oxygens (including phenoxy) is 3. The number of carbonyl (C=O) groups excluding carboxylic acids is 3. The molecule has 192 valence electrons. The molecule has 2 fully saturated rings. The fraction of sp³-hybridized carbons (Fsp3) is 0.519. The molecular formula is C27H32N2O7. The third-order valence-electron chi connectivity index (χ3n) is 7.95. The first-order valence-corrected chi connectivity index (χ1v) is 12.3. The van der Waals surface area contributed by atoms with E-state index in [2.05, 4.69) is 0 Å². The Hall–Kier alpha value is -3.17. The molecule has 2 amide bonds. The van der Waals surface area contributed by atoms with Crippen LogP contribution in [0.15, 0.2) is 48.6 Å². The molecule has 0 aliphatic carbocycles. The maximum atomic E-state index is 14.3. The zero-order valence-corrected chi connectivity index (χ0v) is 20.9. The molecule has 9 heteroatoms. The summed E-state index contributed by atoms with van der Waals surface area (Å²) in [6.45, 7) is 5.57. The number of cyclic esters (lactones) is 1. The van der Waals surface area contributed by atoms with Crippen LogP contribution in [0, 0.1) is 17.8 Å². The molecular weight excluding hydrogens is 464 g/mol. The van der Waals surface area contributed by atoms with Crippen molar-refractivity contribution in [1.29, 1.82) is 0 Å². The van der Waals surface area contributed by atoms with Gasteiger partial charge >= 0.3 is 5.97 Å². The molecule has 2 saturated heterocycles. The van der Waals surface area contributed by atoms with Gasteiger partial charge in [-0.15, -0.1) is 0 Å². The number of anilines is 1. The number of amides is 2. The van der Waals surface area contributed by atoms with Crippen molar-refractivity contribution in [2.45, 2.75) is 44.1 Å². The first kappa shape index (κ1) is 24.5. The van der Waals surface area contributed by atoms with Gasteiger partial charge < -0.3 is 29.1 Å². The molecule has 4 aliphatic heterocycles. The van der Waals surface area contributed by atoms with Gasteiger partial charge in [-0.25, -0.2) is 0 Å². The summed E-state index contributed by atoms with van der Waals surface area (Å²) in [7, 11) is 1.57. The summed E-state index contributed by atoms with van der Waals surface area (Å²) in [6, 6.07) is 5.40. The van der Waals surface area contributed by atoms with Gasteiger partial charge in [0.25, 0.3) is 5.91 Å². The molecule has 6 atom stereocenters. The van der Waals surface area contributed by atoms with Crippen molar-refractivity contribution in [3.05, 3.63) is 48.6 Å². The summed E-state index contributed by atoms with van der Waals surface area (Å²) >= 11 is 0. The Kier molecular flexibility index (Phi) is 5.95. The molecule has 0 saturated carbocycles. The van der Waals surface area contributed by atoms with Gasteiger partial charge in [0.1, 0.15) is 29.9 Å². The average Bonchev–Trinajstić information content (AvgIpc) is 3.10. The third kappa shape index (κ3) is 3.40. The largest absolute Gasteiger partial charge is 0.497 e. The molecule has 1 aromatic rings. The van der Waals surface area contributed by atoms with E-state index in [1.807, 2.05) is 19.9 Å². The number of hydrogen-bond acceptors (Lipinski definition) is 7. The minimum absolute atomic E-state index is 0.0978. The second-order valence-electron chi connectivity index (χ2n) is 10.3. The van der Waals surface area contributed by atoms with Crippen LogP contribution in [-0.2, 0) is 23.9 Å². The van der Waals surface area contributed by atoms with E-state index >= 15 is 0 Å². The minimum Gasteiger partial charge on any atom is -0.497 e. The predicted octanol–water partition coefficient (Wildman–Crippen LogP) is 1.70. The number of likely N-dealkylation sites (tertiary alicyclic amines) is 1. The number of rotatable bonds is 5. The lowest BCUT2D eigenvalue weighted by Crippen LogP contribution is -2.59. The van der Waals surface area contributed by atoms with Crippen molar-refractivity contribution in [2.75, 3.05) is 31.8 Å². The average molecular weight is 497 g/mol. The Labute approximate surface area is 210 Å². The Balaban J connectivity index is 1.67. The number of esters is 1. The highest BCUT2D eigenvalue weighted by Gasteiger charge is 2.75. The topological polar surface area (TPSA) is 106 Å². The fourth-order valence-corrected chi connectivity index (χ4v) is 6.27. The molecule has 1 unspecified atom stereocenters. The monoisotopic (exact) mass is 496 g/mol. The van der Waals surface area contributed by atoms with E-state index in [9.17, 15) is 19.5 Å². The Morgan fingerprint density at radius 1 is 1.08 bits per heavy atom. The van der Waals surface area contributed by atoms with E-state index in [0.717, 1.165) is 0 Å². The molecule has 1 N–H and O–H groups in total. The van der Waals surface area contributed by atoms with Crippen molar-refractivity contribution in [2.24, 2.45) is 17.8 Å². The molecule has 9 nitrogen and oxygen atoms in total. The van der Waals surface area contributed by atoms with Crippen LogP contribution in [0.25, 0.3) is 0 Å².